The fourth-order valence-electron chi connectivity index (χ4n) is 2.83. The number of aliphatic hydroxyl groups excluding tert-OH is 2. The van der Waals surface area contributed by atoms with Gasteiger partial charge in [0.05, 0.1) is 12.6 Å². The summed E-state index contributed by atoms with van der Waals surface area (Å²) in [7, 11) is 0. The highest BCUT2D eigenvalue weighted by atomic mass is 16.8. The zero-order valence-electron chi connectivity index (χ0n) is 15.8. The number of aromatic nitrogens is 2. The molecule has 2 unspecified atom stereocenters. The molecule has 0 aromatic carbocycles. The Bertz CT molecular complexity index is 862. The number of aromatic amines is 1. The molecule has 2 rings (SSSR count). The Morgan fingerprint density at radius 3 is 2.93 bits per heavy atom. The van der Waals surface area contributed by atoms with Gasteiger partial charge in [-0.2, -0.15) is 0 Å². The van der Waals surface area contributed by atoms with Crippen molar-refractivity contribution in [1.29, 1.82) is 0 Å². The first-order chi connectivity index (χ1) is 13.9. The van der Waals surface area contributed by atoms with E-state index in [1.807, 2.05) is 0 Å². The van der Waals surface area contributed by atoms with Crippen LogP contribution in [0.1, 0.15) is 37.5 Å². The molecule has 4 atom stereocenters. The van der Waals surface area contributed by atoms with Gasteiger partial charge < -0.3 is 24.4 Å². The van der Waals surface area contributed by atoms with E-state index < -0.39 is 42.1 Å². The number of aliphatic hydroxyl groups is 2. The Labute approximate surface area is 164 Å². The van der Waals surface area contributed by atoms with E-state index in [1.165, 1.54) is 13.1 Å². The molecule has 29 heavy (non-hydrogen) atoms. The lowest BCUT2D eigenvalue weighted by Crippen LogP contribution is -2.38. The standard InChI is InChI=1S/C16H23N5O8/c1-9-8-21(15(25)18-13(9)23)11-7-10(19-20-17)12(28-11)14(24)29-16(26)27-6-4-2-3-5-22/h8,10-12,14,22,24H,2-7H2,1H3,(H,18,23,25)/t10?,11-,12+,14?/m1/s1. The Balaban J connectivity index is 2.02. The van der Waals surface area contributed by atoms with E-state index in [2.05, 4.69) is 15.0 Å². The quantitative estimate of drug-likeness (QED) is 0.130. The van der Waals surface area contributed by atoms with E-state index in [0.717, 1.165) is 4.57 Å². The van der Waals surface area contributed by atoms with Gasteiger partial charge in [-0.3, -0.25) is 14.3 Å². The summed E-state index contributed by atoms with van der Waals surface area (Å²) in [6, 6.07) is -0.934. The average molecular weight is 413 g/mol. The number of rotatable bonds is 9. The average Bonchev–Trinajstić information content (AvgIpc) is 3.08. The van der Waals surface area contributed by atoms with Crippen LogP contribution in [0.15, 0.2) is 20.9 Å². The van der Waals surface area contributed by atoms with Crippen molar-refractivity contribution in [3.05, 3.63) is 43.0 Å². The van der Waals surface area contributed by atoms with Gasteiger partial charge in [-0.15, -0.1) is 0 Å². The maximum Gasteiger partial charge on any atom is 0.510 e. The molecule has 1 aromatic heterocycles. The van der Waals surface area contributed by atoms with E-state index in [1.54, 1.807) is 0 Å². The van der Waals surface area contributed by atoms with Crippen LogP contribution >= 0.6 is 0 Å². The third-order valence-corrected chi connectivity index (χ3v) is 4.31. The number of carbonyl (C=O) groups excluding carboxylic acids is 1. The first kappa shape index (κ1) is 22.4. The van der Waals surface area contributed by atoms with Crippen LogP contribution in [-0.4, -0.2) is 57.6 Å². The molecule has 1 aliphatic heterocycles. The van der Waals surface area contributed by atoms with Crippen molar-refractivity contribution in [3.8, 4) is 0 Å². The smallest absolute Gasteiger partial charge is 0.434 e. The number of aryl methyl sites for hydroxylation is 1. The molecule has 0 saturated carbocycles. The van der Waals surface area contributed by atoms with Gasteiger partial charge in [-0.05, 0) is 31.7 Å². The van der Waals surface area contributed by atoms with Crippen molar-refractivity contribution in [2.75, 3.05) is 13.2 Å². The molecule has 1 fully saturated rings. The van der Waals surface area contributed by atoms with Gasteiger partial charge in [-0.25, -0.2) is 9.59 Å². The summed E-state index contributed by atoms with van der Waals surface area (Å²) in [4.78, 5) is 40.0. The second-order valence-corrected chi connectivity index (χ2v) is 6.43. The fraction of sp³-hybridized carbons (Fsp3) is 0.688. The maximum atomic E-state index is 12.0. The number of unbranched alkanes of at least 4 members (excludes halogenated alkanes) is 2. The lowest BCUT2D eigenvalue weighted by atomic mass is 10.1. The summed E-state index contributed by atoms with van der Waals surface area (Å²) in [6.07, 6.45) is -2.08. The number of ether oxygens (including phenoxy) is 3. The number of H-pyrrole nitrogens is 1. The van der Waals surface area contributed by atoms with Crippen LogP contribution in [-0.2, 0) is 14.2 Å². The van der Waals surface area contributed by atoms with Crippen molar-refractivity contribution >= 4 is 6.16 Å². The summed E-state index contributed by atoms with van der Waals surface area (Å²) in [5, 5.41) is 22.4. The third-order valence-electron chi connectivity index (χ3n) is 4.31. The van der Waals surface area contributed by atoms with Gasteiger partial charge in [0, 0.05) is 29.7 Å². The molecule has 1 saturated heterocycles. The molecule has 2 heterocycles. The molecular formula is C16H23N5O8. The Morgan fingerprint density at radius 2 is 2.24 bits per heavy atom. The van der Waals surface area contributed by atoms with Crippen LogP contribution in [0.4, 0.5) is 4.79 Å². The van der Waals surface area contributed by atoms with Gasteiger partial charge in [0.25, 0.3) is 5.56 Å². The van der Waals surface area contributed by atoms with Crippen LogP contribution in [0.3, 0.4) is 0 Å². The monoisotopic (exact) mass is 413 g/mol. The SMILES string of the molecule is Cc1cn([C@H]2CC(N=[N+]=[N-])[C@@H](C(O)OC(=O)OCCCCCO)O2)c(=O)[nH]c1=O. The number of nitrogens with one attached hydrogen (secondary N) is 1. The number of carbonyl (C=O) groups is 1. The first-order valence-corrected chi connectivity index (χ1v) is 9.01. The fourth-order valence-corrected chi connectivity index (χ4v) is 2.83. The molecule has 0 amide bonds. The second kappa shape index (κ2) is 10.6. The third kappa shape index (κ3) is 6.06. The lowest BCUT2D eigenvalue weighted by Gasteiger charge is -2.21. The Hall–Kier alpha value is -2.86. The van der Waals surface area contributed by atoms with Gasteiger partial charge >= 0.3 is 11.8 Å². The molecule has 13 nitrogen and oxygen atoms in total. The summed E-state index contributed by atoms with van der Waals surface area (Å²) >= 11 is 0. The van der Waals surface area contributed by atoms with E-state index in [-0.39, 0.29) is 25.2 Å². The number of hydrogen-bond donors (Lipinski definition) is 3. The van der Waals surface area contributed by atoms with Crippen molar-refractivity contribution < 1.29 is 29.2 Å². The second-order valence-electron chi connectivity index (χ2n) is 6.43. The van der Waals surface area contributed by atoms with Crippen molar-refractivity contribution in [1.82, 2.24) is 9.55 Å². The largest absolute Gasteiger partial charge is 0.510 e. The zero-order valence-corrected chi connectivity index (χ0v) is 15.8. The molecule has 0 aliphatic carbocycles. The van der Waals surface area contributed by atoms with Crippen LogP contribution in [0, 0.1) is 6.92 Å². The van der Waals surface area contributed by atoms with Gasteiger partial charge in [0.15, 0.2) is 0 Å². The van der Waals surface area contributed by atoms with Gasteiger partial charge in [-0.1, -0.05) is 5.11 Å². The van der Waals surface area contributed by atoms with Crippen LogP contribution in [0.5, 0.6) is 0 Å². The minimum atomic E-state index is -1.81. The molecule has 0 bridgehead atoms. The van der Waals surface area contributed by atoms with E-state index >= 15 is 0 Å². The molecule has 13 heteroatoms. The molecule has 0 radical (unpaired) electrons. The lowest BCUT2D eigenvalue weighted by molar-refractivity contribution is -0.165. The summed E-state index contributed by atoms with van der Waals surface area (Å²) in [5.41, 5.74) is 7.73. The summed E-state index contributed by atoms with van der Waals surface area (Å²) < 4.78 is 16.3. The molecule has 1 aliphatic rings. The van der Waals surface area contributed by atoms with E-state index in [9.17, 15) is 19.5 Å². The highest BCUT2D eigenvalue weighted by Crippen LogP contribution is 2.32. The zero-order chi connectivity index (χ0) is 21.4. The van der Waals surface area contributed by atoms with E-state index in [0.29, 0.717) is 19.3 Å². The van der Waals surface area contributed by atoms with Crippen molar-refractivity contribution in [2.24, 2.45) is 5.11 Å². The summed E-state index contributed by atoms with van der Waals surface area (Å²) in [5.74, 6) is 0. The number of azide groups is 1. The predicted molar refractivity (Wildman–Crippen MR) is 96.9 cm³/mol. The Morgan fingerprint density at radius 1 is 1.48 bits per heavy atom. The molecule has 3 N–H and O–H groups in total. The highest BCUT2D eigenvalue weighted by Gasteiger charge is 2.42. The van der Waals surface area contributed by atoms with Crippen LogP contribution < -0.4 is 11.2 Å². The normalized spacial score (nSPS) is 22.0. The molecule has 160 valence electrons. The summed E-state index contributed by atoms with van der Waals surface area (Å²) in [6.45, 7) is 1.59. The minimum absolute atomic E-state index is 0.0107. The van der Waals surface area contributed by atoms with Gasteiger partial charge in [0.2, 0.25) is 6.29 Å². The van der Waals surface area contributed by atoms with E-state index in [4.69, 9.17) is 24.8 Å². The van der Waals surface area contributed by atoms with Crippen molar-refractivity contribution in [3.63, 3.8) is 0 Å². The van der Waals surface area contributed by atoms with Crippen LogP contribution in [0.2, 0.25) is 0 Å². The first-order valence-electron chi connectivity index (χ1n) is 9.01. The minimum Gasteiger partial charge on any atom is -0.434 e. The maximum absolute atomic E-state index is 12.0. The predicted octanol–water partition coefficient (Wildman–Crippen LogP) is 0.446. The van der Waals surface area contributed by atoms with Gasteiger partial charge in [0.1, 0.15) is 12.3 Å². The molecular weight excluding hydrogens is 390 g/mol. The molecule has 1 aromatic rings. The topological polar surface area (TPSA) is 189 Å². The number of nitrogens with zero attached hydrogens (tertiary/aromatic N) is 4. The Kier molecular flexibility index (Phi) is 8.21. The number of hydrogen-bond acceptors (Lipinski definition) is 9. The highest BCUT2D eigenvalue weighted by molar-refractivity contribution is 5.60. The van der Waals surface area contributed by atoms with Crippen LogP contribution in [0.25, 0.3) is 10.4 Å². The molecule has 0 spiro atoms. The van der Waals surface area contributed by atoms with Crippen molar-refractivity contribution in [2.45, 2.75) is 57.3 Å².